The fourth-order valence-corrected chi connectivity index (χ4v) is 2.34. The van der Waals surface area contributed by atoms with Gasteiger partial charge in [-0.05, 0) is 23.6 Å². The van der Waals surface area contributed by atoms with Gasteiger partial charge in [0, 0.05) is 17.3 Å². The summed E-state index contributed by atoms with van der Waals surface area (Å²) in [4.78, 5) is 27.9. The maximum Gasteiger partial charge on any atom is 0.314 e. The van der Waals surface area contributed by atoms with Crippen LogP contribution in [0.5, 0.6) is 0 Å². The third-order valence-corrected chi connectivity index (χ3v) is 3.55. The molecular weight excluding hydrogens is 314 g/mol. The van der Waals surface area contributed by atoms with Gasteiger partial charge in [0.15, 0.2) is 5.15 Å². The molecule has 0 spiro atoms. The number of anilines is 2. The fraction of sp³-hybridized carbons (Fsp3) is 0. The van der Waals surface area contributed by atoms with E-state index in [1.807, 2.05) is 36.4 Å². The first-order chi connectivity index (χ1) is 11.1. The Morgan fingerprint density at radius 1 is 0.826 bits per heavy atom. The molecule has 0 aliphatic rings. The number of benzene rings is 2. The van der Waals surface area contributed by atoms with Crippen molar-refractivity contribution >= 4 is 45.6 Å². The number of pyridine rings is 1. The number of nitrogens with zero attached hydrogens (tertiary/aromatic N) is 1. The van der Waals surface area contributed by atoms with Gasteiger partial charge in [-0.1, -0.05) is 48.0 Å². The summed E-state index contributed by atoms with van der Waals surface area (Å²) in [5.41, 5.74) is 0.854. The lowest BCUT2D eigenvalue weighted by Gasteiger charge is -2.09. The molecule has 0 aliphatic heterocycles. The van der Waals surface area contributed by atoms with Crippen molar-refractivity contribution in [3.8, 4) is 0 Å². The summed E-state index contributed by atoms with van der Waals surface area (Å²) in [6.45, 7) is 0. The van der Waals surface area contributed by atoms with Crippen LogP contribution in [0.4, 0.5) is 11.4 Å². The lowest BCUT2D eigenvalue weighted by Crippen LogP contribution is -2.29. The Labute approximate surface area is 137 Å². The summed E-state index contributed by atoms with van der Waals surface area (Å²) in [6, 6.07) is 16.3. The molecule has 0 fully saturated rings. The van der Waals surface area contributed by atoms with E-state index in [-0.39, 0.29) is 10.8 Å². The summed E-state index contributed by atoms with van der Waals surface area (Å²) < 4.78 is 0. The predicted octanol–water partition coefficient (Wildman–Crippen LogP) is 3.47. The topological polar surface area (TPSA) is 71.1 Å². The van der Waals surface area contributed by atoms with E-state index in [1.54, 1.807) is 18.2 Å². The maximum atomic E-state index is 12.1. The molecule has 3 rings (SSSR count). The molecule has 23 heavy (non-hydrogen) atoms. The van der Waals surface area contributed by atoms with E-state index >= 15 is 0 Å². The van der Waals surface area contributed by atoms with Crippen molar-refractivity contribution in [2.45, 2.75) is 0 Å². The number of fused-ring (bicyclic) bond motifs is 1. The van der Waals surface area contributed by atoms with Crippen molar-refractivity contribution in [2.24, 2.45) is 0 Å². The van der Waals surface area contributed by atoms with E-state index in [4.69, 9.17) is 11.6 Å². The first kappa shape index (κ1) is 15.0. The third-order valence-electron chi connectivity index (χ3n) is 3.25. The van der Waals surface area contributed by atoms with Crippen LogP contribution in [0.2, 0.25) is 5.15 Å². The van der Waals surface area contributed by atoms with Crippen molar-refractivity contribution in [1.82, 2.24) is 4.98 Å². The number of hydrogen-bond acceptors (Lipinski definition) is 3. The van der Waals surface area contributed by atoms with Crippen molar-refractivity contribution in [3.63, 3.8) is 0 Å². The summed E-state index contributed by atoms with van der Waals surface area (Å²) in [6.07, 6.45) is 1.49. The molecular formula is C17H12ClN3O2. The maximum absolute atomic E-state index is 12.1. The summed E-state index contributed by atoms with van der Waals surface area (Å²) in [5.74, 6) is -1.59. The molecule has 0 aliphatic carbocycles. The van der Waals surface area contributed by atoms with Gasteiger partial charge in [0.25, 0.3) is 0 Å². The van der Waals surface area contributed by atoms with Crippen LogP contribution in [0.3, 0.4) is 0 Å². The van der Waals surface area contributed by atoms with Crippen molar-refractivity contribution in [3.05, 3.63) is 65.9 Å². The molecule has 6 heteroatoms. The molecule has 2 N–H and O–H groups in total. The van der Waals surface area contributed by atoms with Crippen LogP contribution in [0.1, 0.15) is 0 Å². The van der Waals surface area contributed by atoms with Gasteiger partial charge in [-0.3, -0.25) is 9.59 Å². The average molecular weight is 326 g/mol. The zero-order valence-electron chi connectivity index (χ0n) is 11.9. The van der Waals surface area contributed by atoms with Gasteiger partial charge in [-0.15, -0.1) is 0 Å². The largest absolute Gasteiger partial charge is 0.317 e. The van der Waals surface area contributed by atoms with Crippen molar-refractivity contribution in [1.29, 1.82) is 0 Å². The average Bonchev–Trinajstić information content (AvgIpc) is 2.57. The Bertz CT molecular complexity index is 890. The number of nitrogens with one attached hydrogen (secondary N) is 2. The minimum atomic E-state index is -0.812. The van der Waals surface area contributed by atoms with Crippen molar-refractivity contribution < 1.29 is 9.59 Å². The minimum absolute atomic E-state index is 0.124. The van der Waals surface area contributed by atoms with E-state index in [1.165, 1.54) is 6.20 Å². The molecule has 5 nitrogen and oxygen atoms in total. The Balaban J connectivity index is 1.78. The number of halogens is 1. The number of hydrogen-bond donors (Lipinski definition) is 2. The van der Waals surface area contributed by atoms with E-state index in [0.717, 1.165) is 10.8 Å². The molecule has 0 atom stereocenters. The molecule has 0 saturated heterocycles. The van der Waals surface area contributed by atoms with Crippen LogP contribution < -0.4 is 10.6 Å². The van der Waals surface area contributed by atoms with E-state index in [2.05, 4.69) is 15.6 Å². The van der Waals surface area contributed by atoms with Gasteiger partial charge in [0.05, 0.1) is 5.69 Å². The predicted molar refractivity (Wildman–Crippen MR) is 90.5 cm³/mol. The fourth-order valence-electron chi connectivity index (χ4n) is 2.17. The minimum Gasteiger partial charge on any atom is -0.317 e. The molecule has 114 valence electrons. The second kappa shape index (κ2) is 6.46. The Morgan fingerprint density at radius 3 is 2.26 bits per heavy atom. The number of amides is 2. The second-order valence-corrected chi connectivity index (χ2v) is 5.13. The van der Waals surface area contributed by atoms with E-state index < -0.39 is 11.8 Å². The molecule has 0 radical (unpaired) electrons. The Morgan fingerprint density at radius 2 is 1.48 bits per heavy atom. The number of rotatable bonds is 2. The highest BCUT2D eigenvalue weighted by Gasteiger charge is 2.16. The zero-order valence-corrected chi connectivity index (χ0v) is 12.7. The second-order valence-electron chi connectivity index (χ2n) is 4.78. The van der Waals surface area contributed by atoms with Crippen LogP contribution in [0, 0.1) is 0 Å². The molecule has 0 unspecified atom stereocenters. The smallest absolute Gasteiger partial charge is 0.314 e. The molecule has 1 heterocycles. The van der Waals surface area contributed by atoms with E-state index in [9.17, 15) is 9.59 Å². The normalized spacial score (nSPS) is 10.3. The monoisotopic (exact) mass is 325 g/mol. The van der Waals surface area contributed by atoms with E-state index in [0.29, 0.717) is 5.69 Å². The molecule has 3 aromatic rings. The molecule has 0 saturated carbocycles. The lowest BCUT2D eigenvalue weighted by molar-refractivity contribution is -0.132. The lowest BCUT2D eigenvalue weighted by atomic mass is 10.1. The summed E-state index contributed by atoms with van der Waals surface area (Å²) in [5, 5.41) is 7.00. The quantitative estimate of drug-likeness (QED) is 0.560. The highest BCUT2D eigenvalue weighted by atomic mass is 35.5. The first-order valence-electron chi connectivity index (χ1n) is 6.86. The Kier molecular flexibility index (Phi) is 4.21. The molecule has 2 aromatic carbocycles. The summed E-state index contributed by atoms with van der Waals surface area (Å²) in [7, 11) is 0. The van der Waals surface area contributed by atoms with Gasteiger partial charge in [-0.25, -0.2) is 4.98 Å². The van der Waals surface area contributed by atoms with Crippen LogP contribution in [-0.4, -0.2) is 16.8 Å². The zero-order chi connectivity index (χ0) is 16.2. The Hall–Kier alpha value is -2.92. The first-order valence-corrected chi connectivity index (χ1v) is 7.23. The molecule has 1 aromatic heterocycles. The van der Waals surface area contributed by atoms with Crippen LogP contribution in [0.15, 0.2) is 60.8 Å². The van der Waals surface area contributed by atoms with Gasteiger partial charge in [-0.2, -0.15) is 0 Å². The molecule has 2 amide bonds. The standard InChI is InChI=1S/C17H12ClN3O2/c18-15-14(9-4-10-19-15)21-17(23)16(22)20-13-8-3-6-11-5-1-2-7-12(11)13/h1-10H,(H,20,22)(H,21,23). The number of aromatic nitrogens is 1. The number of carbonyl (C=O) groups excluding carboxylic acids is 2. The SMILES string of the molecule is O=C(Nc1cccnc1Cl)C(=O)Nc1cccc2ccccc12. The van der Waals surface area contributed by atoms with Gasteiger partial charge in [0.1, 0.15) is 0 Å². The van der Waals surface area contributed by atoms with Gasteiger partial charge >= 0.3 is 11.8 Å². The molecule has 0 bridgehead atoms. The highest BCUT2D eigenvalue weighted by Crippen LogP contribution is 2.23. The van der Waals surface area contributed by atoms with Crippen LogP contribution in [0.25, 0.3) is 10.8 Å². The summed E-state index contributed by atoms with van der Waals surface area (Å²) >= 11 is 5.85. The highest BCUT2D eigenvalue weighted by molar-refractivity contribution is 6.45. The number of carbonyl (C=O) groups is 2. The van der Waals surface area contributed by atoms with Gasteiger partial charge < -0.3 is 10.6 Å². The van der Waals surface area contributed by atoms with Crippen LogP contribution in [-0.2, 0) is 9.59 Å². The van der Waals surface area contributed by atoms with Crippen LogP contribution >= 0.6 is 11.6 Å². The van der Waals surface area contributed by atoms with Gasteiger partial charge in [0.2, 0.25) is 0 Å². The third kappa shape index (κ3) is 3.30. The van der Waals surface area contributed by atoms with Crippen molar-refractivity contribution in [2.75, 3.05) is 10.6 Å².